The molecular formula is C20H20FN3O4S. The van der Waals surface area contributed by atoms with Crippen molar-refractivity contribution in [2.45, 2.75) is 25.3 Å². The molecule has 29 heavy (non-hydrogen) atoms. The number of anilines is 1. The Morgan fingerprint density at radius 2 is 1.79 bits per heavy atom. The van der Waals surface area contributed by atoms with Gasteiger partial charge in [-0.3, -0.25) is 4.72 Å². The van der Waals surface area contributed by atoms with Crippen LogP contribution < -0.4 is 4.72 Å². The van der Waals surface area contributed by atoms with Crippen molar-refractivity contribution < 1.29 is 22.3 Å². The van der Waals surface area contributed by atoms with Gasteiger partial charge < -0.3 is 4.74 Å². The van der Waals surface area contributed by atoms with E-state index in [9.17, 15) is 17.6 Å². The number of benzene rings is 2. The molecule has 7 nitrogen and oxygen atoms in total. The van der Waals surface area contributed by atoms with E-state index in [0.717, 1.165) is 5.56 Å². The molecule has 0 saturated heterocycles. The van der Waals surface area contributed by atoms with Crippen LogP contribution in [-0.4, -0.2) is 30.8 Å². The maximum absolute atomic E-state index is 13.2. The van der Waals surface area contributed by atoms with E-state index in [-0.39, 0.29) is 35.4 Å². The number of hydrogen-bond acceptors (Lipinski definition) is 5. The maximum Gasteiger partial charge on any atom is 0.358 e. The number of sulfonamides is 1. The van der Waals surface area contributed by atoms with E-state index in [1.54, 1.807) is 31.2 Å². The van der Waals surface area contributed by atoms with Gasteiger partial charge in [-0.25, -0.2) is 22.3 Å². The minimum Gasteiger partial charge on any atom is -0.461 e. The zero-order valence-electron chi connectivity index (χ0n) is 15.9. The fourth-order valence-corrected chi connectivity index (χ4v) is 3.65. The van der Waals surface area contributed by atoms with E-state index < -0.39 is 16.0 Å². The summed E-state index contributed by atoms with van der Waals surface area (Å²) in [5.41, 5.74) is 1.58. The molecule has 0 fully saturated rings. The van der Waals surface area contributed by atoms with Crippen LogP contribution in [0.4, 0.5) is 10.2 Å². The predicted molar refractivity (Wildman–Crippen MR) is 106 cm³/mol. The van der Waals surface area contributed by atoms with Crippen LogP contribution in [0.1, 0.15) is 28.5 Å². The van der Waals surface area contributed by atoms with E-state index in [1.165, 1.54) is 35.0 Å². The number of esters is 1. The van der Waals surface area contributed by atoms with Crippen molar-refractivity contribution in [3.05, 3.63) is 77.2 Å². The van der Waals surface area contributed by atoms with Gasteiger partial charge in [0.15, 0.2) is 5.69 Å². The zero-order chi connectivity index (χ0) is 21.0. The maximum atomic E-state index is 13.2. The Balaban J connectivity index is 1.95. The molecule has 0 atom stereocenters. The Kier molecular flexibility index (Phi) is 5.97. The topological polar surface area (TPSA) is 90.3 Å². The Labute approximate surface area is 168 Å². The fourth-order valence-electron chi connectivity index (χ4n) is 2.60. The second kappa shape index (κ2) is 8.44. The van der Waals surface area contributed by atoms with Gasteiger partial charge >= 0.3 is 5.97 Å². The van der Waals surface area contributed by atoms with Crippen LogP contribution in [0.5, 0.6) is 0 Å². The minimum absolute atomic E-state index is 0.0319. The van der Waals surface area contributed by atoms with Gasteiger partial charge in [-0.15, -0.1) is 0 Å². The Morgan fingerprint density at radius 1 is 1.14 bits per heavy atom. The lowest BCUT2D eigenvalue weighted by Crippen LogP contribution is -2.17. The third kappa shape index (κ3) is 5.00. The average Bonchev–Trinajstić information content (AvgIpc) is 3.06. The summed E-state index contributed by atoms with van der Waals surface area (Å²) in [5.74, 6) is -0.958. The SMILES string of the molecule is CCOC(=O)c1cc(NS(=O)(=O)c2ccc(C)cc2)n(Cc2ccc(F)cc2)n1. The number of ether oxygens (including phenoxy) is 1. The van der Waals surface area contributed by atoms with Crippen LogP contribution in [0.15, 0.2) is 59.5 Å². The lowest BCUT2D eigenvalue weighted by Gasteiger charge is -2.11. The van der Waals surface area contributed by atoms with E-state index in [0.29, 0.717) is 5.56 Å². The molecule has 3 aromatic rings. The molecule has 0 aliphatic heterocycles. The highest BCUT2D eigenvalue weighted by atomic mass is 32.2. The van der Waals surface area contributed by atoms with Crippen molar-refractivity contribution in [2.24, 2.45) is 0 Å². The van der Waals surface area contributed by atoms with Gasteiger partial charge in [0.05, 0.1) is 18.0 Å². The molecule has 0 spiro atoms. The Hall–Kier alpha value is -3.20. The monoisotopic (exact) mass is 417 g/mol. The van der Waals surface area contributed by atoms with E-state index >= 15 is 0 Å². The summed E-state index contributed by atoms with van der Waals surface area (Å²) in [6, 6.07) is 13.4. The molecule has 0 amide bonds. The zero-order valence-corrected chi connectivity index (χ0v) is 16.7. The number of halogens is 1. The molecule has 1 aromatic heterocycles. The molecule has 0 bridgehead atoms. The number of aryl methyl sites for hydroxylation is 1. The highest BCUT2D eigenvalue weighted by molar-refractivity contribution is 7.92. The standard InChI is InChI=1S/C20H20FN3O4S/c1-3-28-20(25)18-12-19(23-29(26,27)17-10-4-14(2)5-11-17)24(22-18)13-15-6-8-16(21)9-7-15/h4-12,23H,3,13H2,1-2H3. The fraction of sp³-hybridized carbons (Fsp3) is 0.200. The number of hydrogen-bond donors (Lipinski definition) is 1. The quantitative estimate of drug-likeness (QED) is 0.596. The molecule has 1 heterocycles. The van der Waals surface area contributed by atoms with Gasteiger partial charge in [-0.1, -0.05) is 29.8 Å². The molecule has 0 aliphatic rings. The normalized spacial score (nSPS) is 11.3. The number of aromatic nitrogens is 2. The van der Waals surface area contributed by atoms with Crippen molar-refractivity contribution in [3.63, 3.8) is 0 Å². The molecule has 9 heteroatoms. The first-order chi connectivity index (χ1) is 13.8. The largest absolute Gasteiger partial charge is 0.461 e. The van der Waals surface area contributed by atoms with E-state index in [1.807, 2.05) is 6.92 Å². The first kappa shape index (κ1) is 20.5. The average molecular weight is 417 g/mol. The van der Waals surface area contributed by atoms with Gasteiger partial charge in [0, 0.05) is 6.07 Å². The van der Waals surface area contributed by atoms with Crippen LogP contribution in [-0.2, 0) is 21.3 Å². The number of carbonyl (C=O) groups is 1. The summed E-state index contributed by atoms with van der Waals surface area (Å²) >= 11 is 0. The van der Waals surface area contributed by atoms with Crippen molar-refractivity contribution in [1.82, 2.24) is 9.78 Å². The van der Waals surface area contributed by atoms with E-state index in [4.69, 9.17) is 4.74 Å². The summed E-state index contributed by atoms with van der Waals surface area (Å²) in [6.07, 6.45) is 0. The molecule has 3 rings (SSSR count). The number of rotatable bonds is 7. The number of carbonyl (C=O) groups excluding carboxylic acids is 1. The van der Waals surface area contributed by atoms with Crippen molar-refractivity contribution in [1.29, 1.82) is 0 Å². The third-order valence-corrected chi connectivity index (χ3v) is 5.45. The Morgan fingerprint density at radius 3 is 2.41 bits per heavy atom. The summed E-state index contributed by atoms with van der Waals surface area (Å²) in [7, 11) is -3.90. The van der Waals surface area contributed by atoms with Gasteiger partial charge in [0.2, 0.25) is 0 Å². The summed E-state index contributed by atoms with van der Waals surface area (Å²) < 4.78 is 47.4. The number of nitrogens with one attached hydrogen (secondary N) is 1. The molecule has 0 aliphatic carbocycles. The van der Waals surface area contributed by atoms with Crippen LogP contribution in [0.25, 0.3) is 0 Å². The highest BCUT2D eigenvalue weighted by Gasteiger charge is 2.21. The molecular weight excluding hydrogens is 397 g/mol. The van der Waals surface area contributed by atoms with E-state index in [2.05, 4.69) is 9.82 Å². The first-order valence-corrected chi connectivity index (χ1v) is 10.4. The second-order valence-corrected chi connectivity index (χ2v) is 8.02. The third-order valence-electron chi connectivity index (χ3n) is 4.08. The van der Waals surface area contributed by atoms with Gasteiger partial charge in [-0.05, 0) is 43.7 Å². The highest BCUT2D eigenvalue weighted by Crippen LogP contribution is 2.20. The van der Waals surface area contributed by atoms with Gasteiger partial charge in [0.1, 0.15) is 11.6 Å². The minimum atomic E-state index is -3.90. The smallest absolute Gasteiger partial charge is 0.358 e. The van der Waals surface area contributed by atoms with Crippen LogP contribution in [0.3, 0.4) is 0 Å². The second-order valence-electron chi connectivity index (χ2n) is 6.34. The first-order valence-electron chi connectivity index (χ1n) is 8.87. The molecule has 152 valence electrons. The van der Waals surface area contributed by atoms with Crippen LogP contribution in [0, 0.1) is 12.7 Å². The summed E-state index contributed by atoms with van der Waals surface area (Å²) in [5, 5.41) is 4.16. The molecule has 0 radical (unpaired) electrons. The summed E-state index contributed by atoms with van der Waals surface area (Å²) in [6.45, 7) is 3.81. The van der Waals surface area contributed by atoms with Crippen molar-refractivity contribution in [2.75, 3.05) is 11.3 Å². The molecule has 0 unspecified atom stereocenters. The van der Waals surface area contributed by atoms with Gasteiger partial charge in [0.25, 0.3) is 10.0 Å². The number of nitrogens with zero attached hydrogens (tertiary/aromatic N) is 2. The lowest BCUT2D eigenvalue weighted by atomic mass is 10.2. The predicted octanol–water partition coefficient (Wildman–Crippen LogP) is 3.36. The molecule has 2 aromatic carbocycles. The van der Waals surface area contributed by atoms with Gasteiger partial charge in [-0.2, -0.15) is 5.10 Å². The summed E-state index contributed by atoms with van der Waals surface area (Å²) in [4.78, 5) is 12.1. The Bertz CT molecular complexity index is 1110. The van der Waals surface area contributed by atoms with Crippen LogP contribution >= 0.6 is 0 Å². The van der Waals surface area contributed by atoms with Crippen LogP contribution in [0.2, 0.25) is 0 Å². The molecule has 1 N–H and O–H groups in total. The van der Waals surface area contributed by atoms with Crippen molar-refractivity contribution >= 4 is 21.8 Å². The van der Waals surface area contributed by atoms with Crippen molar-refractivity contribution in [3.8, 4) is 0 Å². The lowest BCUT2D eigenvalue weighted by molar-refractivity contribution is 0.0518. The molecule has 0 saturated carbocycles.